The molecule has 7 rings (SSSR count). The van der Waals surface area contributed by atoms with Gasteiger partial charge in [-0.05, 0) is 44.7 Å². The lowest BCUT2D eigenvalue weighted by molar-refractivity contribution is -0.136. The predicted octanol–water partition coefficient (Wildman–Crippen LogP) is 5.84. The maximum Gasteiger partial charge on any atom is 0.410 e. The van der Waals surface area contributed by atoms with Crippen molar-refractivity contribution in [3.05, 3.63) is 108 Å². The Labute approximate surface area is 216 Å². The Bertz CT molecular complexity index is 1440. The molecule has 0 radical (unpaired) electrons. The van der Waals surface area contributed by atoms with Crippen LogP contribution in [0.25, 0.3) is 21.9 Å². The highest BCUT2D eigenvalue weighted by Crippen LogP contribution is 2.45. The maximum absolute atomic E-state index is 13.5. The third-order valence-electron chi connectivity index (χ3n) is 8.39. The molecule has 3 aliphatic rings. The maximum atomic E-state index is 13.5. The summed E-state index contributed by atoms with van der Waals surface area (Å²) in [6.07, 6.45) is 0.527. The molecule has 0 aromatic heterocycles. The standard InChI is InChI=1S/C32H29NO4/c34-31(37-20-30-28-11-5-3-9-26(28)27-10-4-6-12-29(27)30)33-24-16-32(35,17-25(33)19-36-18-24)23-14-13-21-7-1-2-8-22(21)15-23/h1-15,24-25,30,35H,16-20H2. The minimum atomic E-state index is -1.01. The van der Waals surface area contributed by atoms with Crippen molar-refractivity contribution in [3.63, 3.8) is 0 Å². The SMILES string of the molecule is O=C(OCC1c2ccccc2-c2ccccc21)N1C2COCC1CC(O)(c1ccc3ccccc3c1)C2. The molecule has 2 unspecified atom stereocenters. The highest BCUT2D eigenvalue weighted by atomic mass is 16.6. The van der Waals surface area contributed by atoms with Crippen molar-refractivity contribution in [2.24, 2.45) is 0 Å². The molecule has 1 amide bonds. The van der Waals surface area contributed by atoms with Gasteiger partial charge in [0.05, 0.1) is 30.9 Å². The van der Waals surface area contributed by atoms with E-state index in [0.717, 1.165) is 16.3 Å². The van der Waals surface area contributed by atoms with Crippen molar-refractivity contribution in [2.75, 3.05) is 19.8 Å². The van der Waals surface area contributed by atoms with Crippen LogP contribution in [0.4, 0.5) is 4.79 Å². The molecule has 2 atom stereocenters. The van der Waals surface area contributed by atoms with Crippen molar-refractivity contribution in [1.82, 2.24) is 4.90 Å². The van der Waals surface area contributed by atoms with Crippen LogP contribution in [0, 0.1) is 0 Å². The van der Waals surface area contributed by atoms with Gasteiger partial charge in [-0.15, -0.1) is 0 Å². The minimum absolute atomic E-state index is 0.0202. The monoisotopic (exact) mass is 491 g/mol. The number of nitrogens with zero attached hydrogens (tertiary/aromatic N) is 1. The number of fused-ring (bicyclic) bond motifs is 6. The van der Waals surface area contributed by atoms with E-state index in [1.165, 1.54) is 22.3 Å². The first-order chi connectivity index (χ1) is 18.1. The number of hydrogen-bond donors (Lipinski definition) is 1. The second kappa shape index (κ2) is 8.72. The Hall–Kier alpha value is -3.67. The van der Waals surface area contributed by atoms with Gasteiger partial charge < -0.3 is 14.6 Å². The van der Waals surface area contributed by atoms with E-state index >= 15 is 0 Å². The molecule has 1 aliphatic carbocycles. The second-order valence-electron chi connectivity index (χ2n) is 10.6. The number of piperidine rings is 1. The van der Waals surface area contributed by atoms with Crippen molar-refractivity contribution in [2.45, 2.75) is 36.4 Å². The zero-order valence-electron chi connectivity index (χ0n) is 20.5. The molecule has 37 heavy (non-hydrogen) atoms. The van der Waals surface area contributed by atoms with Gasteiger partial charge in [0.1, 0.15) is 6.61 Å². The number of morpholine rings is 1. The average Bonchev–Trinajstić information content (AvgIpc) is 3.24. The van der Waals surface area contributed by atoms with Gasteiger partial charge in [0.15, 0.2) is 0 Å². The molecule has 2 heterocycles. The summed E-state index contributed by atoms with van der Waals surface area (Å²) >= 11 is 0. The molecule has 1 N–H and O–H groups in total. The number of carbonyl (C=O) groups is 1. The summed E-state index contributed by atoms with van der Waals surface area (Å²) in [6.45, 7) is 1.09. The summed E-state index contributed by atoms with van der Waals surface area (Å²) in [5, 5.41) is 14.0. The Morgan fingerprint density at radius 3 is 2.11 bits per heavy atom. The summed E-state index contributed by atoms with van der Waals surface area (Å²) < 4.78 is 11.8. The second-order valence-corrected chi connectivity index (χ2v) is 10.6. The number of ether oxygens (including phenoxy) is 2. The quantitative estimate of drug-likeness (QED) is 0.391. The Morgan fingerprint density at radius 1 is 0.838 bits per heavy atom. The van der Waals surface area contributed by atoms with Crippen molar-refractivity contribution >= 4 is 16.9 Å². The predicted molar refractivity (Wildman–Crippen MR) is 142 cm³/mol. The lowest BCUT2D eigenvalue weighted by Gasteiger charge is -2.51. The zero-order chi connectivity index (χ0) is 25.0. The highest BCUT2D eigenvalue weighted by Gasteiger charge is 2.49. The van der Waals surface area contributed by atoms with E-state index in [1.54, 1.807) is 0 Å². The molecule has 0 saturated carbocycles. The summed E-state index contributed by atoms with van der Waals surface area (Å²) in [7, 11) is 0. The fourth-order valence-corrected chi connectivity index (χ4v) is 6.66. The first kappa shape index (κ1) is 22.5. The van der Waals surface area contributed by atoms with Crippen molar-refractivity contribution in [3.8, 4) is 11.1 Å². The number of benzene rings is 4. The van der Waals surface area contributed by atoms with Gasteiger partial charge in [0.2, 0.25) is 0 Å². The van der Waals surface area contributed by atoms with Crippen molar-refractivity contribution in [1.29, 1.82) is 0 Å². The normalized spacial score (nSPS) is 24.5. The van der Waals surface area contributed by atoms with Crippen LogP contribution >= 0.6 is 0 Å². The van der Waals surface area contributed by atoms with Gasteiger partial charge in [-0.1, -0.05) is 84.9 Å². The zero-order valence-corrected chi connectivity index (χ0v) is 20.5. The van der Waals surface area contributed by atoms with Crippen LogP contribution in [0.3, 0.4) is 0 Å². The molecule has 4 aromatic rings. The first-order valence-electron chi connectivity index (χ1n) is 13.0. The fraction of sp³-hybridized carbons (Fsp3) is 0.281. The van der Waals surface area contributed by atoms with Gasteiger partial charge in [-0.2, -0.15) is 0 Å². The van der Waals surface area contributed by atoms with E-state index in [9.17, 15) is 9.90 Å². The Morgan fingerprint density at radius 2 is 1.43 bits per heavy atom. The molecule has 2 aliphatic heterocycles. The van der Waals surface area contributed by atoms with Gasteiger partial charge >= 0.3 is 6.09 Å². The highest BCUT2D eigenvalue weighted by molar-refractivity contribution is 5.83. The van der Waals surface area contributed by atoms with Gasteiger partial charge in [0, 0.05) is 18.8 Å². The van der Waals surface area contributed by atoms with E-state index in [2.05, 4.69) is 60.7 Å². The third-order valence-corrected chi connectivity index (χ3v) is 8.39. The molecule has 186 valence electrons. The number of aliphatic hydroxyl groups is 1. The minimum Gasteiger partial charge on any atom is -0.448 e. The molecule has 2 fully saturated rings. The lowest BCUT2D eigenvalue weighted by Crippen LogP contribution is -2.62. The molecule has 0 spiro atoms. The third kappa shape index (κ3) is 3.73. The molecule has 2 bridgehead atoms. The molecule has 2 saturated heterocycles. The summed E-state index contributed by atoms with van der Waals surface area (Å²) in [5.74, 6) is 0.0202. The van der Waals surface area contributed by atoms with Crippen LogP contribution in [0.15, 0.2) is 91.0 Å². The lowest BCUT2D eigenvalue weighted by atomic mass is 9.76. The van der Waals surface area contributed by atoms with E-state index in [1.807, 2.05) is 35.2 Å². The van der Waals surface area contributed by atoms with Crippen LogP contribution in [0.5, 0.6) is 0 Å². The van der Waals surface area contributed by atoms with E-state index < -0.39 is 5.60 Å². The van der Waals surface area contributed by atoms with Gasteiger partial charge in [-0.25, -0.2) is 4.79 Å². The van der Waals surface area contributed by atoms with Crippen LogP contribution < -0.4 is 0 Å². The van der Waals surface area contributed by atoms with Gasteiger partial charge in [-0.3, -0.25) is 4.90 Å². The topological polar surface area (TPSA) is 59.0 Å². The fourth-order valence-electron chi connectivity index (χ4n) is 6.66. The molecule has 4 aromatic carbocycles. The molecule has 5 heteroatoms. The average molecular weight is 492 g/mol. The van der Waals surface area contributed by atoms with Crippen LogP contribution in [0.1, 0.15) is 35.4 Å². The largest absolute Gasteiger partial charge is 0.448 e. The van der Waals surface area contributed by atoms with Crippen molar-refractivity contribution < 1.29 is 19.4 Å². The van der Waals surface area contributed by atoms with E-state index in [-0.39, 0.29) is 24.1 Å². The smallest absolute Gasteiger partial charge is 0.410 e. The summed E-state index contributed by atoms with van der Waals surface area (Å²) in [6, 6.07) is 30.6. The Kier molecular flexibility index (Phi) is 5.31. The van der Waals surface area contributed by atoms with E-state index in [0.29, 0.717) is 32.7 Å². The Balaban J connectivity index is 1.11. The number of amides is 1. The number of carbonyl (C=O) groups excluding carboxylic acids is 1. The van der Waals surface area contributed by atoms with Crippen LogP contribution in [0.2, 0.25) is 0 Å². The number of hydrogen-bond acceptors (Lipinski definition) is 4. The van der Waals surface area contributed by atoms with Gasteiger partial charge in [0.25, 0.3) is 0 Å². The molecular weight excluding hydrogens is 462 g/mol. The summed E-state index contributed by atoms with van der Waals surface area (Å²) in [4.78, 5) is 15.3. The first-order valence-corrected chi connectivity index (χ1v) is 13.0. The molecule has 5 nitrogen and oxygen atoms in total. The summed E-state index contributed by atoms with van der Waals surface area (Å²) in [5.41, 5.74) is 4.71. The molecular formula is C32H29NO4. The van der Waals surface area contributed by atoms with Crippen LogP contribution in [-0.2, 0) is 15.1 Å². The van der Waals surface area contributed by atoms with Crippen LogP contribution in [-0.4, -0.2) is 48.0 Å². The van der Waals surface area contributed by atoms with E-state index in [4.69, 9.17) is 9.47 Å². The number of rotatable bonds is 3.